The van der Waals surface area contributed by atoms with Crippen LogP contribution in [0.5, 0.6) is 5.75 Å². The molecule has 17 heavy (non-hydrogen) atoms. The van der Waals surface area contributed by atoms with E-state index in [4.69, 9.17) is 10.00 Å². The van der Waals surface area contributed by atoms with Crippen LogP contribution in [-0.2, 0) is 6.61 Å². The number of benzene rings is 1. The second kappa shape index (κ2) is 5.27. The van der Waals surface area contributed by atoms with E-state index in [-0.39, 0.29) is 0 Å². The lowest BCUT2D eigenvalue weighted by Crippen LogP contribution is -2.00. The molecular formula is C11H10N4OS. The second-order valence-electron chi connectivity index (χ2n) is 3.20. The van der Waals surface area contributed by atoms with E-state index in [0.717, 1.165) is 10.7 Å². The zero-order chi connectivity index (χ0) is 12.1. The molecule has 2 rings (SSSR count). The highest BCUT2D eigenvalue weighted by Gasteiger charge is 2.08. The zero-order valence-corrected chi connectivity index (χ0v) is 9.99. The topological polar surface area (TPSA) is 70.8 Å². The summed E-state index contributed by atoms with van der Waals surface area (Å²) in [7, 11) is 1.81. The van der Waals surface area contributed by atoms with Crippen molar-refractivity contribution in [2.45, 2.75) is 6.61 Å². The zero-order valence-electron chi connectivity index (χ0n) is 9.17. The molecule has 6 heteroatoms. The van der Waals surface area contributed by atoms with Gasteiger partial charge in [0, 0.05) is 18.6 Å². The largest absolute Gasteiger partial charge is 0.486 e. The number of anilines is 1. The van der Waals surface area contributed by atoms with Gasteiger partial charge in [0.1, 0.15) is 29.1 Å². The van der Waals surface area contributed by atoms with E-state index in [1.807, 2.05) is 13.1 Å². The fourth-order valence-electron chi connectivity index (χ4n) is 1.32. The van der Waals surface area contributed by atoms with E-state index in [1.165, 1.54) is 11.5 Å². The molecule has 0 aliphatic heterocycles. The molecule has 1 heterocycles. The molecule has 0 fully saturated rings. The van der Waals surface area contributed by atoms with Crippen LogP contribution in [0.3, 0.4) is 0 Å². The van der Waals surface area contributed by atoms with Crippen LogP contribution in [0.4, 0.5) is 5.00 Å². The summed E-state index contributed by atoms with van der Waals surface area (Å²) in [4.78, 5) is 0. The Morgan fingerprint density at radius 1 is 1.47 bits per heavy atom. The molecule has 5 nitrogen and oxygen atoms in total. The van der Waals surface area contributed by atoms with Crippen LogP contribution in [0.1, 0.15) is 11.3 Å². The van der Waals surface area contributed by atoms with Gasteiger partial charge in [0.15, 0.2) is 0 Å². The van der Waals surface area contributed by atoms with Gasteiger partial charge in [-0.25, -0.2) is 0 Å². The van der Waals surface area contributed by atoms with Gasteiger partial charge in [-0.2, -0.15) is 5.26 Å². The summed E-state index contributed by atoms with van der Waals surface area (Å²) in [6.45, 7) is 0.297. The maximum Gasteiger partial charge on any atom is 0.137 e. The van der Waals surface area contributed by atoms with Crippen molar-refractivity contribution >= 4 is 16.5 Å². The molecule has 0 saturated carbocycles. The van der Waals surface area contributed by atoms with Gasteiger partial charge >= 0.3 is 0 Å². The Kier molecular flexibility index (Phi) is 3.52. The minimum absolute atomic E-state index is 0.297. The monoisotopic (exact) mass is 246 g/mol. The quantitative estimate of drug-likeness (QED) is 0.893. The summed E-state index contributed by atoms with van der Waals surface area (Å²) in [6, 6.07) is 9.19. The molecule has 0 radical (unpaired) electrons. The molecule has 1 N–H and O–H groups in total. The number of hydrogen-bond acceptors (Lipinski definition) is 6. The number of aromatic nitrogens is 2. The first-order valence-corrected chi connectivity index (χ1v) is 5.73. The molecule has 0 bridgehead atoms. The van der Waals surface area contributed by atoms with Crippen LogP contribution in [0, 0.1) is 11.3 Å². The normalized spacial score (nSPS) is 9.65. The fraction of sp³-hybridized carbons (Fsp3) is 0.182. The van der Waals surface area contributed by atoms with Gasteiger partial charge in [0.05, 0.1) is 5.56 Å². The van der Waals surface area contributed by atoms with Crippen molar-refractivity contribution in [3.63, 3.8) is 0 Å². The molecule has 0 aliphatic carbocycles. The van der Waals surface area contributed by atoms with Gasteiger partial charge in [-0.15, -0.1) is 5.10 Å². The lowest BCUT2D eigenvalue weighted by atomic mass is 10.2. The van der Waals surface area contributed by atoms with Crippen LogP contribution < -0.4 is 10.1 Å². The molecule has 0 amide bonds. The van der Waals surface area contributed by atoms with Crippen molar-refractivity contribution in [2.24, 2.45) is 0 Å². The Morgan fingerprint density at radius 2 is 2.29 bits per heavy atom. The Hall–Kier alpha value is -2.13. The van der Waals surface area contributed by atoms with Gasteiger partial charge in [-0.05, 0) is 12.1 Å². The molecule has 0 aliphatic rings. The highest BCUT2D eigenvalue weighted by Crippen LogP contribution is 2.21. The highest BCUT2D eigenvalue weighted by atomic mass is 32.1. The fourth-order valence-corrected chi connectivity index (χ4v) is 1.84. The van der Waals surface area contributed by atoms with E-state index in [9.17, 15) is 0 Å². The number of nitriles is 1. The summed E-state index contributed by atoms with van der Waals surface area (Å²) in [5.41, 5.74) is 1.26. The van der Waals surface area contributed by atoms with E-state index < -0.39 is 0 Å². The molecular weight excluding hydrogens is 236 g/mol. The van der Waals surface area contributed by atoms with Crippen molar-refractivity contribution in [1.29, 1.82) is 5.26 Å². The molecule has 1 aromatic carbocycles. The van der Waals surface area contributed by atoms with E-state index in [0.29, 0.717) is 17.9 Å². The minimum Gasteiger partial charge on any atom is -0.486 e. The van der Waals surface area contributed by atoms with Crippen molar-refractivity contribution in [3.05, 3.63) is 35.5 Å². The summed E-state index contributed by atoms with van der Waals surface area (Å²) in [5.74, 6) is 0.560. The molecule has 1 aromatic heterocycles. The predicted octanol–water partition coefficient (Wildman–Crippen LogP) is 2.03. The van der Waals surface area contributed by atoms with Crippen LogP contribution in [-0.4, -0.2) is 16.6 Å². The molecule has 2 aromatic rings. The molecule has 0 unspecified atom stereocenters. The van der Waals surface area contributed by atoms with E-state index >= 15 is 0 Å². The van der Waals surface area contributed by atoms with Gasteiger partial charge in [0.2, 0.25) is 0 Å². The van der Waals surface area contributed by atoms with Gasteiger partial charge in [0.25, 0.3) is 0 Å². The molecule has 0 atom stereocenters. The number of nitrogens with zero attached hydrogens (tertiary/aromatic N) is 3. The number of nitrogens with one attached hydrogen (secondary N) is 1. The van der Waals surface area contributed by atoms with E-state index in [2.05, 4.69) is 21.0 Å². The third-order valence-electron chi connectivity index (χ3n) is 2.15. The Labute approximate surface area is 103 Å². The summed E-state index contributed by atoms with van der Waals surface area (Å²) < 4.78 is 9.39. The van der Waals surface area contributed by atoms with Gasteiger partial charge < -0.3 is 10.1 Å². The molecule has 86 valence electrons. The Bertz CT molecular complexity index is 546. The first-order chi connectivity index (χ1) is 8.35. The predicted molar refractivity (Wildman–Crippen MR) is 64.9 cm³/mol. The standard InChI is InChI=1S/C11H10N4OS/c1-13-11-9(14-15-17-11)7-16-10-5-3-2-4-8(10)6-12/h2-5,13H,7H2,1H3. The smallest absolute Gasteiger partial charge is 0.137 e. The molecule has 0 saturated heterocycles. The van der Waals surface area contributed by atoms with Crippen LogP contribution in [0.2, 0.25) is 0 Å². The Balaban J connectivity index is 2.10. The van der Waals surface area contributed by atoms with Crippen molar-refractivity contribution in [3.8, 4) is 11.8 Å². The number of ether oxygens (including phenoxy) is 1. The second-order valence-corrected chi connectivity index (χ2v) is 3.95. The maximum absolute atomic E-state index is 8.91. The third-order valence-corrected chi connectivity index (χ3v) is 2.94. The first-order valence-electron chi connectivity index (χ1n) is 4.96. The highest BCUT2D eigenvalue weighted by molar-refractivity contribution is 7.10. The van der Waals surface area contributed by atoms with Gasteiger partial charge in [-0.3, -0.25) is 0 Å². The maximum atomic E-state index is 8.91. The minimum atomic E-state index is 0.297. The summed E-state index contributed by atoms with van der Waals surface area (Å²) in [6.07, 6.45) is 0. The average molecular weight is 246 g/mol. The SMILES string of the molecule is CNc1snnc1COc1ccccc1C#N. The van der Waals surface area contributed by atoms with E-state index in [1.54, 1.807) is 18.2 Å². The van der Waals surface area contributed by atoms with Crippen molar-refractivity contribution in [2.75, 3.05) is 12.4 Å². The van der Waals surface area contributed by atoms with Gasteiger partial charge in [-0.1, -0.05) is 16.6 Å². The average Bonchev–Trinajstić information content (AvgIpc) is 2.84. The molecule has 0 spiro atoms. The van der Waals surface area contributed by atoms with Crippen LogP contribution in [0.15, 0.2) is 24.3 Å². The number of para-hydroxylation sites is 1. The van der Waals surface area contributed by atoms with Crippen LogP contribution >= 0.6 is 11.5 Å². The number of hydrogen-bond donors (Lipinski definition) is 1. The third kappa shape index (κ3) is 2.52. The summed E-state index contributed by atoms with van der Waals surface area (Å²) >= 11 is 1.28. The van der Waals surface area contributed by atoms with Crippen molar-refractivity contribution in [1.82, 2.24) is 9.59 Å². The van der Waals surface area contributed by atoms with Crippen molar-refractivity contribution < 1.29 is 4.74 Å². The number of rotatable bonds is 4. The first kappa shape index (κ1) is 11.4. The lowest BCUT2D eigenvalue weighted by Gasteiger charge is -2.06. The Morgan fingerprint density at radius 3 is 3.06 bits per heavy atom. The van der Waals surface area contributed by atoms with Crippen LogP contribution in [0.25, 0.3) is 0 Å². The lowest BCUT2D eigenvalue weighted by molar-refractivity contribution is 0.301. The summed E-state index contributed by atoms with van der Waals surface area (Å²) in [5, 5.41) is 16.7.